The van der Waals surface area contributed by atoms with Gasteiger partial charge in [0.1, 0.15) is 11.6 Å². The molecule has 0 spiro atoms. The van der Waals surface area contributed by atoms with Crippen LogP contribution in [0.2, 0.25) is 0 Å². The number of nitrogens with one attached hydrogen (secondary N) is 1. The van der Waals surface area contributed by atoms with Crippen LogP contribution in [0.4, 0.5) is 8.78 Å². The van der Waals surface area contributed by atoms with Gasteiger partial charge in [0.25, 0.3) is 0 Å². The maximum Gasteiger partial charge on any atom is 0.181 e. The zero-order chi connectivity index (χ0) is 14.0. The Labute approximate surface area is 113 Å². The minimum absolute atomic E-state index is 0.148. The maximum absolute atomic E-state index is 13.9. The molecule has 1 N–H and O–H groups in total. The normalized spacial score (nSPS) is 12.5. The van der Waals surface area contributed by atoms with E-state index in [1.807, 2.05) is 6.92 Å². The minimum Gasteiger partial charge on any atom is -0.593 e. The van der Waals surface area contributed by atoms with Crippen molar-refractivity contribution in [3.63, 3.8) is 0 Å². The standard InChI is InChI=1S/C14H13F2NOS/c1-9-6-7-13(19(18)17-2)10(8-9)14-11(15)4-3-5-12(14)16/h3-8,17H,1-2H3. The average Bonchev–Trinajstić information content (AvgIpc) is 2.38. The quantitative estimate of drug-likeness (QED) is 0.877. The topological polar surface area (TPSA) is 35.1 Å². The van der Waals surface area contributed by atoms with Crippen molar-refractivity contribution in [1.29, 1.82) is 0 Å². The van der Waals surface area contributed by atoms with Gasteiger partial charge in [-0.15, -0.1) is 4.72 Å². The minimum atomic E-state index is -1.51. The van der Waals surface area contributed by atoms with Gasteiger partial charge in [-0.1, -0.05) is 17.7 Å². The lowest BCUT2D eigenvalue weighted by Crippen LogP contribution is -2.19. The zero-order valence-corrected chi connectivity index (χ0v) is 11.4. The summed E-state index contributed by atoms with van der Waals surface area (Å²) in [5, 5.41) is 0. The molecule has 0 heterocycles. The molecule has 0 aliphatic heterocycles. The third kappa shape index (κ3) is 2.78. The molecule has 0 saturated carbocycles. The van der Waals surface area contributed by atoms with Crippen molar-refractivity contribution < 1.29 is 13.3 Å². The van der Waals surface area contributed by atoms with Gasteiger partial charge in [-0.3, -0.25) is 0 Å². The molecule has 0 radical (unpaired) electrons. The van der Waals surface area contributed by atoms with Gasteiger partial charge < -0.3 is 4.55 Å². The van der Waals surface area contributed by atoms with Crippen molar-refractivity contribution in [2.75, 3.05) is 7.05 Å². The number of benzene rings is 2. The first-order chi connectivity index (χ1) is 9.04. The van der Waals surface area contributed by atoms with Crippen LogP contribution in [0.25, 0.3) is 11.1 Å². The Morgan fingerprint density at radius 1 is 1.11 bits per heavy atom. The lowest BCUT2D eigenvalue weighted by Gasteiger charge is -2.14. The highest BCUT2D eigenvalue weighted by Gasteiger charge is 2.21. The van der Waals surface area contributed by atoms with E-state index in [-0.39, 0.29) is 5.56 Å². The number of hydrogen-bond donors (Lipinski definition) is 1. The number of hydrogen-bond acceptors (Lipinski definition) is 2. The summed E-state index contributed by atoms with van der Waals surface area (Å²) in [7, 11) is 1.53. The Hall–Kier alpha value is -1.43. The third-order valence-corrected chi connectivity index (χ3v) is 3.88. The summed E-state index contributed by atoms with van der Waals surface area (Å²) in [6.07, 6.45) is 0. The Morgan fingerprint density at radius 3 is 2.32 bits per heavy atom. The van der Waals surface area contributed by atoms with Gasteiger partial charge in [0, 0.05) is 12.6 Å². The van der Waals surface area contributed by atoms with Gasteiger partial charge in [0.15, 0.2) is 4.90 Å². The van der Waals surface area contributed by atoms with E-state index >= 15 is 0 Å². The van der Waals surface area contributed by atoms with E-state index in [0.29, 0.717) is 10.5 Å². The van der Waals surface area contributed by atoms with Crippen molar-refractivity contribution in [2.24, 2.45) is 0 Å². The van der Waals surface area contributed by atoms with Crippen LogP contribution in [0.1, 0.15) is 5.56 Å². The van der Waals surface area contributed by atoms with Crippen LogP contribution in [0.5, 0.6) is 0 Å². The summed E-state index contributed by atoms with van der Waals surface area (Å²) in [6.45, 7) is 1.81. The molecule has 1 atom stereocenters. The first-order valence-corrected chi connectivity index (χ1v) is 6.83. The molecule has 0 fully saturated rings. The second kappa shape index (κ2) is 5.69. The smallest absolute Gasteiger partial charge is 0.181 e. The number of aryl methyl sites for hydroxylation is 1. The molecule has 2 aromatic carbocycles. The Bertz CT molecular complexity index is 584. The van der Waals surface area contributed by atoms with Gasteiger partial charge >= 0.3 is 0 Å². The molecular weight excluding hydrogens is 268 g/mol. The highest BCUT2D eigenvalue weighted by atomic mass is 32.2. The van der Waals surface area contributed by atoms with Crippen molar-refractivity contribution >= 4 is 11.4 Å². The first-order valence-electron chi connectivity index (χ1n) is 5.68. The largest absolute Gasteiger partial charge is 0.593 e. The summed E-state index contributed by atoms with van der Waals surface area (Å²) in [5.74, 6) is -1.33. The van der Waals surface area contributed by atoms with Crippen molar-refractivity contribution in [1.82, 2.24) is 4.72 Å². The molecule has 2 nitrogen and oxygen atoms in total. The van der Waals surface area contributed by atoms with Gasteiger partial charge in [-0.2, -0.15) is 0 Å². The van der Waals surface area contributed by atoms with Gasteiger partial charge in [-0.05, 0) is 31.2 Å². The van der Waals surface area contributed by atoms with E-state index in [0.717, 1.165) is 5.56 Å². The van der Waals surface area contributed by atoms with Crippen LogP contribution >= 0.6 is 0 Å². The van der Waals surface area contributed by atoms with Crippen molar-refractivity contribution in [2.45, 2.75) is 11.8 Å². The fourth-order valence-electron chi connectivity index (χ4n) is 1.87. The van der Waals surface area contributed by atoms with E-state index in [1.165, 1.54) is 25.2 Å². The number of rotatable bonds is 3. The fraction of sp³-hybridized carbons (Fsp3) is 0.143. The second-order valence-corrected chi connectivity index (χ2v) is 5.45. The molecule has 2 aromatic rings. The highest BCUT2D eigenvalue weighted by Crippen LogP contribution is 2.32. The molecule has 0 aliphatic carbocycles. The first kappa shape index (κ1) is 14.0. The van der Waals surface area contributed by atoms with Crippen LogP contribution in [-0.2, 0) is 11.4 Å². The SMILES string of the molecule is CN[S+]([O-])c1ccc(C)cc1-c1c(F)cccc1F. The average molecular weight is 281 g/mol. The zero-order valence-electron chi connectivity index (χ0n) is 10.5. The van der Waals surface area contributed by atoms with Gasteiger partial charge in [0.05, 0.1) is 16.9 Å². The fourth-order valence-corrected chi connectivity index (χ4v) is 2.64. The second-order valence-electron chi connectivity index (χ2n) is 4.07. The monoisotopic (exact) mass is 281 g/mol. The molecule has 0 amide bonds. The third-order valence-electron chi connectivity index (χ3n) is 2.75. The van der Waals surface area contributed by atoms with Gasteiger partial charge in [0.2, 0.25) is 0 Å². The van der Waals surface area contributed by atoms with E-state index in [1.54, 1.807) is 18.2 Å². The summed E-state index contributed by atoms with van der Waals surface area (Å²) in [4.78, 5) is 0.358. The predicted octanol–water partition coefficient (Wildman–Crippen LogP) is 3.18. The van der Waals surface area contributed by atoms with Gasteiger partial charge in [-0.25, -0.2) is 8.78 Å². The molecule has 0 aliphatic rings. The summed E-state index contributed by atoms with van der Waals surface area (Å²) in [5.41, 5.74) is 1.00. The summed E-state index contributed by atoms with van der Waals surface area (Å²) in [6, 6.07) is 8.68. The number of halogens is 2. The van der Waals surface area contributed by atoms with Crippen molar-refractivity contribution in [3.05, 3.63) is 53.6 Å². The Balaban J connectivity index is 2.70. The van der Waals surface area contributed by atoms with E-state index in [4.69, 9.17) is 0 Å². The van der Waals surface area contributed by atoms with Crippen LogP contribution in [0.15, 0.2) is 41.3 Å². The molecule has 0 aromatic heterocycles. The lowest BCUT2D eigenvalue weighted by molar-refractivity contribution is 0.583. The van der Waals surface area contributed by atoms with E-state index in [2.05, 4.69) is 4.72 Å². The molecular formula is C14H13F2NOS. The maximum atomic E-state index is 13.9. The molecule has 100 valence electrons. The molecule has 0 bridgehead atoms. The van der Waals surface area contributed by atoms with E-state index in [9.17, 15) is 13.3 Å². The Morgan fingerprint density at radius 2 is 1.74 bits per heavy atom. The molecule has 2 rings (SSSR count). The lowest BCUT2D eigenvalue weighted by atomic mass is 10.0. The highest BCUT2D eigenvalue weighted by molar-refractivity contribution is 7.89. The molecule has 19 heavy (non-hydrogen) atoms. The summed E-state index contributed by atoms with van der Waals surface area (Å²) >= 11 is -1.51. The molecule has 5 heteroatoms. The van der Waals surface area contributed by atoms with E-state index < -0.39 is 23.0 Å². The molecule has 1 unspecified atom stereocenters. The van der Waals surface area contributed by atoms with Crippen molar-refractivity contribution in [3.8, 4) is 11.1 Å². The van der Waals surface area contributed by atoms with Crippen LogP contribution in [0.3, 0.4) is 0 Å². The predicted molar refractivity (Wildman–Crippen MR) is 72.0 cm³/mol. The van der Waals surface area contributed by atoms with Crippen LogP contribution in [-0.4, -0.2) is 11.6 Å². The summed E-state index contributed by atoms with van der Waals surface area (Å²) < 4.78 is 42.2. The molecule has 0 saturated heterocycles. The Kier molecular flexibility index (Phi) is 4.19. The van der Waals surface area contributed by atoms with Crippen LogP contribution in [0, 0.1) is 18.6 Å². The van der Waals surface area contributed by atoms with Crippen LogP contribution < -0.4 is 4.72 Å².